The van der Waals surface area contributed by atoms with Gasteiger partial charge in [0, 0.05) is 15.6 Å². The van der Waals surface area contributed by atoms with E-state index in [4.69, 9.17) is 0 Å². The van der Waals surface area contributed by atoms with Crippen LogP contribution < -0.4 is 0 Å². The van der Waals surface area contributed by atoms with Gasteiger partial charge in [0.1, 0.15) is 12.7 Å². The van der Waals surface area contributed by atoms with Gasteiger partial charge in [0.25, 0.3) is 0 Å². The summed E-state index contributed by atoms with van der Waals surface area (Å²) in [4.78, 5) is 9.14. The van der Waals surface area contributed by atoms with Crippen molar-refractivity contribution in [2.75, 3.05) is 0 Å². The van der Waals surface area contributed by atoms with Gasteiger partial charge in [-0.05, 0) is 18.2 Å². The first-order valence-electron chi connectivity index (χ1n) is 7.61. The fourth-order valence-corrected chi connectivity index (χ4v) is 3.56. The van der Waals surface area contributed by atoms with Crippen LogP contribution in [0.3, 0.4) is 0 Å². The molecule has 0 spiro atoms. The van der Waals surface area contributed by atoms with Crippen LogP contribution in [0.15, 0.2) is 65.7 Å². The fourth-order valence-electron chi connectivity index (χ4n) is 3.20. The molecule has 0 N–H and O–H groups in total. The van der Waals surface area contributed by atoms with Crippen LogP contribution in [0.5, 0.6) is 0 Å². The van der Waals surface area contributed by atoms with Crippen molar-refractivity contribution in [3.05, 3.63) is 71.4 Å². The van der Waals surface area contributed by atoms with Crippen LogP contribution >= 0.6 is 15.9 Å². The van der Waals surface area contributed by atoms with Crippen LogP contribution in [0, 0.1) is 0 Å². The Morgan fingerprint density at radius 3 is 2.75 bits per heavy atom. The van der Waals surface area contributed by atoms with E-state index in [1.54, 1.807) is 6.33 Å². The summed E-state index contributed by atoms with van der Waals surface area (Å²) < 4.78 is 5.08. The standard InChI is InChI=1S/C18H12BrN5/c19-13-6-7-15-14(8-13)18-20-10-22-24(18)9-16-17(21-11-23(15)16)12-4-2-1-3-5-12/h1-8,10-11H,9H2. The highest BCUT2D eigenvalue weighted by molar-refractivity contribution is 9.10. The maximum absolute atomic E-state index is 4.68. The van der Waals surface area contributed by atoms with Crippen molar-refractivity contribution in [2.45, 2.75) is 6.54 Å². The molecule has 0 amide bonds. The van der Waals surface area contributed by atoms with Crippen molar-refractivity contribution in [3.63, 3.8) is 0 Å². The lowest BCUT2D eigenvalue weighted by molar-refractivity contribution is 0.678. The molecule has 6 heteroatoms. The summed E-state index contributed by atoms with van der Waals surface area (Å²) in [6.45, 7) is 0.631. The summed E-state index contributed by atoms with van der Waals surface area (Å²) in [7, 11) is 0. The first kappa shape index (κ1) is 13.7. The third-order valence-corrected chi connectivity index (χ3v) is 4.78. The first-order chi connectivity index (χ1) is 11.8. The fraction of sp³-hybridized carbons (Fsp3) is 0.0556. The number of aromatic nitrogens is 5. The van der Waals surface area contributed by atoms with Crippen molar-refractivity contribution < 1.29 is 0 Å². The van der Waals surface area contributed by atoms with Gasteiger partial charge in [-0.3, -0.25) is 4.57 Å². The molecule has 0 atom stereocenters. The predicted molar refractivity (Wildman–Crippen MR) is 94.8 cm³/mol. The lowest BCUT2D eigenvalue weighted by Gasteiger charge is -2.09. The highest BCUT2D eigenvalue weighted by Gasteiger charge is 2.24. The van der Waals surface area contributed by atoms with Gasteiger partial charge in [0.2, 0.25) is 0 Å². The lowest BCUT2D eigenvalue weighted by Crippen LogP contribution is -2.05. The highest BCUT2D eigenvalue weighted by atomic mass is 79.9. The molecular formula is C18H12BrN5. The number of hydrogen-bond acceptors (Lipinski definition) is 3. The van der Waals surface area contributed by atoms with Gasteiger partial charge in [-0.2, -0.15) is 5.10 Å². The number of halogens is 1. The van der Waals surface area contributed by atoms with Crippen molar-refractivity contribution in [2.24, 2.45) is 0 Å². The second kappa shape index (κ2) is 5.14. The van der Waals surface area contributed by atoms with Crippen LogP contribution in [-0.4, -0.2) is 24.3 Å². The molecule has 116 valence electrons. The summed E-state index contributed by atoms with van der Waals surface area (Å²) >= 11 is 3.56. The SMILES string of the molecule is Brc1ccc2c(c1)-c1ncnn1Cc1c(-c3ccccc3)ncn1-2. The molecule has 5 rings (SSSR count). The van der Waals surface area contributed by atoms with Crippen LogP contribution in [0.25, 0.3) is 28.3 Å². The molecule has 24 heavy (non-hydrogen) atoms. The number of nitrogens with zero attached hydrogens (tertiary/aromatic N) is 5. The van der Waals surface area contributed by atoms with Gasteiger partial charge in [-0.1, -0.05) is 46.3 Å². The van der Waals surface area contributed by atoms with Crippen molar-refractivity contribution in [3.8, 4) is 28.3 Å². The van der Waals surface area contributed by atoms with E-state index < -0.39 is 0 Å². The van der Waals surface area contributed by atoms with E-state index in [2.05, 4.69) is 59.8 Å². The Balaban J connectivity index is 1.82. The molecule has 3 heterocycles. The summed E-state index contributed by atoms with van der Waals surface area (Å²) in [6, 6.07) is 16.4. The third-order valence-electron chi connectivity index (χ3n) is 4.29. The summed E-state index contributed by atoms with van der Waals surface area (Å²) in [6.07, 6.45) is 3.49. The average Bonchev–Trinajstić information content (AvgIpc) is 3.21. The summed E-state index contributed by atoms with van der Waals surface area (Å²) in [5.41, 5.74) is 5.29. The second-order valence-corrected chi connectivity index (χ2v) is 6.59. The number of fused-ring (bicyclic) bond motifs is 5. The maximum Gasteiger partial charge on any atom is 0.160 e. The van der Waals surface area contributed by atoms with E-state index in [1.165, 1.54) is 0 Å². The lowest BCUT2D eigenvalue weighted by atomic mass is 10.1. The van der Waals surface area contributed by atoms with Crippen molar-refractivity contribution in [1.82, 2.24) is 24.3 Å². The molecule has 1 aliphatic heterocycles. The Labute approximate surface area is 146 Å². The van der Waals surface area contributed by atoms with Crippen LogP contribution in [-0.2, 0) is 6.54 Å². The molecule has 0 aliphatic carbocycles. The molecule has 2 aromatic heterocycles. The van der Waals surface area contributed by atoms with Crippen LogP contribution in [0.1, 0.15) is 5.69 Å². The number of imidazole rings is 1. The van der Waals surface area contributed by atoms with Gasteiger partial charge in [-0.15, -0.1) is 0 Å². The van der Waals surface area contributed by atoms with Gasteiger partial charge >= 0.3 is 0 Å². The average molecular weight is 378 g/mol. The first-order valence-corrected chi connectivity index (χ1v) is 8.40. The monoisotopic (exact) mass is 377 g/mol. The zero-order chi connectivity index (χ0) is 16.1. The quantitative estimate of drug-likeness (QED) is 0.444. The van der Waals surface area contributed by atoms with Crippen molar-refractivity contribution in [1.29, 1.82) is 0 Å². The van der Waals surface area contributed by atoms with E-state index in [9.17, 15) is 0 Å². The van der Waals surface area contributed by atoms with Gasteiger partial charge in [-0.25, -0.2) is 14.6 Å². The molecule has 0 saturated heterocycles. The Kier molecular flexibility index (Phi) is 2.93. The van der Waals surface area contributed by atoms with E-state index in [0.717, 1.165) is 38.5 Å². The molecule has 5 nitrogen and oxygen atoms in total. The normalized spacial score (nSPS) is 12.2. The zero-order valence-corrected chi connectivity index (χ0v) is 14.2. The highest BCUT2D eigenvalue weighted by Crippen LogP contribution is 2.35. The molecule has 0 unspecified atom stereocenters. The van der Waals surface area contributed by atoms with Crippen LogP contribution in [0.4, 0.5) is 0 Å². The van der Waals surface area contributed by atoms with Gasteiger partial charge in [0.05, 0.1) is 23.6 Å². The van der Waals surface area contributed by atoms with E-state index in [1.807, 2.05) is 35.3 Å². The molecular weight excluding hydrogens is 366 g/mol. The minimum Gasteiger partial charge on any atom is -0.300 e. The smallest absolute Gasteiger partial charge is 0.160 e. The number of benzene rings is 2. The Hall–Kier alpha value is -2.73. The zero-order valence-electron chi connectivity index (χ0n) is 12.6. The minimum absolute atomic E-state index is 0.631. The Morgan fingerprint density at radius 1 is 1.00 bits per heavy atom. The molecule has 4 aromatic rings. The molecule has 1 aliphatic rings. The van der Waals surface area contributed by atoms with E-state index in [0.29, 0.717) is 6.54 Å². The number of rotatable bonds is 1. The van der Waals surface area contributed by atoms with Gasteiger partial charge in [0.15, 0.2) is 5.82 Å². The molecule has 0 saturated carbocycles. The molecule has 2 aromatic carbocycles. The largest absolute Gasteiger partial charge is 0.300 e. The topological polar surface area (TPSA) is 48.5 Å². The number of hydrogen-bond donors (Lipinski definition) is 0. The molecule has 0 bridgehead atoms. The second-order valence-electron chi connectivity index (χ2n) is 5.68. The maximum atomic E-state index is 4.68. The molecule has 0 radical (unpaired) electrons. The summed E-state index contributed by atoms with van der Waals surface area (Å²) in [5.74, 6) is 0.869. The van der Waals surface area contributed by atoms with E-state index in [-0.39, 0.29) is 0 Å². The Bertz CT molecular complexity index is 1050. The predicted octanol–water partition coefficient (Wildman–Crippen LogP) is 3.92. The molecule has 0 fully saturated rings. The Morgan fingerprint density at radius 2 is 1.88 bits per heavy atom. The van der Waals surface area contributed by atoms with Crippen molar-refractivity contribution >= 4 is 15.9 Å². The van der Waals surface area contributed by atoms with Crippen LogP contribution in [0.2, 0.25) is 0 Å². The van der Waals surface area contributed by atoms with E-state index >= 15 is 0 Å². The van der Waals surface area contributed by atoms with Gasteiger partial charge < -0.3 is 0 Å². The third kappa shape index (κ3) is 1.96. The minimum atomic E-state index is 0.631. The summed E-state index contributed by atoms with van der Waals surface area (Å²) in [5, 5.41) is 4.41.